The van der Waals surface area contributed by atoms with Crippen LogP contribution in [0.3, 0.4) is 0 Å². The maximum Gasteiger partial charge on any atom is 0.0340 e. The summed E-state index contributed by atoms with van der Waals surface area (Å²) in [5, 5.41) is 3.35. The Bertz CT molecular complexity index is 254. The predicted octanol–water partition coefficient (Wildman–Crippen LogP) is 2.79. The maximum absolute atomic E-state index is 5.43. The summed E-state index contributed by atoms with van der Waals surface area (Å²) in [7, 11) is 0. The van der Waals surface area contributed by atoms with E-state index in [0.717, 1.165) is 19.5 Å². The molecular weight excluding hydrogens is 184 g/mol. The minimum atomic E-state index is 0.752. The monoisotopic (exact) mass is 206 g/mol. The van der Waals surface area contributed by atoms with Crippen LogP contribution in [0, 0.1) is 0 Å². The number of nitrogens with two attached hydrogens (primary N) is 1. The van der Waals surface area contributed by atoms with Gasteiger partial charge in [0.2, 0.25) is 0 Å². The summed E-state index contributed by atoms with van der Waals surface area (Å²) >= 11 is 0. The van der Waals surface area contributed by atoms with Gasteiger partial charge >= 0.3 is 0 Å². The van der Waals surface area contributed by atoms with Gasteiger partial charge in [-0.15, -0.1) is 0 Å². The summed E-state index contributed by atoms with van der Waals surface area (Å²) in [6.07, 6.45) is 4.76. The SMILES string of the molecule is CCCCc1ccc(NCCCN)cc1. The van der Waals surface area contributed by atoms with Crippen LogP contribution < -0.4 is 11.1 Å². The standard InChI is InChI=1S/C13H22N2/c1-2-3-5-12-6-8-13(9-7-12)15-11-4-10-14/h6-9,15H,2-5,10-11,14H2,1H3. The fourth-order valence-corrected chi connectivity index (χ4v) is 1.50. The highest BCUT2D eigenvalue weighted by atomic mass is 14.9. The van der Waals surface area contributed by atoms with Crippen LogP contribution in [0.2, 0.25) is 0 Å². The Morgan fingerprint density at radius 2 is 1.87 bits per heavy atom. The van der Waals surface area contributed by atoms with Crippen molar-refractivity contribution in [3.05, 3.63) is 29.8 Å². The van der Waals surface area contributed by atoms with E-state index in [9.17, 15) is 0 Å². The molecule has 0 fully saturated rings. The van der Waals surface area contributed by atoms with Crippen molar-refractivity contribution >= 4 is 5.69 Å². The number of anilines is 1. The molecule has 0 unspecified atom stereocenters. The number of rotatable bonds is 7. The second-order valence-corrected chi connectivity index (χ2v) is 3.87. The number of hydrogen-bond donors (Lipinski definition) is 2. The van der Waals surface area contributed by atoms with Crippen molar-refractivity contribution in [2.24, 2.45) is 5.73 Å². The molecule has 0 aliphatic rings. The number of hydrogen-bond acceptors (Lipinski definition) is 2. The molecule has 1 aromatic rings. The van der Waals surface area contributed by atoms with E-state index in [1.807, 2.05) is 0 Å². The van der Waals surface area contributed by atoms with Crippen molar-refractivity contribution in [1.29, 1.82) is 0 Å². The topological polar surface area (TPSA) is 38.0 Å². The molecule has 0 amide bonds. The van der Waals surface area contributed by atoms with Crippen LogP contribution in [0.1, 0.15) is 31.7 Å². The van der Waals surface area contributed by atoms with Crippen molar-refractivity contribution in [3.8, 4) is 0 Å². The largest absolute Gasteiger partial charge is 0.385 e. The van der Waals surface area contributed by atoms with Crippen molar-refractivity contribution in [2.45, 2.75) is 32.6 Å². The Balaban J connectivity index is 2.35. The zero-order valence-corrected chi connectivity index (χ0v) is 9.63. The number of unbranched alkanes of at least 4 members (excludes halogenated alkanes) is 1. The summed E-state index contributed by atoms with van der Waals surface area (Å²) in [4.78, 5) is 0. The number of benzene rings is 1. The van der Waals surface area contributed by atoms with Gasteiger partial charge in [-0.05, 0) is 43.5 Å². The Kier molecular flexibility index (Phi) is 5.86. The van der Waals surface area contributed by atoms with Gasteiger partial charge in [-0.25, -0.2) is 0 Å². The van der Waals surface area contributed by atoms with E-state index in [2.05, 4.69) is 36.5 Å². The van der Waals surface area contributed by atoms with Crippen molar-refractivity contribution < 1.29 is 0 Å². The molecule has 0 atom stereocenters. The molecule has 1 aromatic carbocycles. The summed E-state index contributed by atoms with van der Waals surface area (Å²) in [6.45, 7) is 3.94. The van der Waals surface area contributed by atoms with Gasteiger partial charge < -0.3 is 11.1 Å². The molecule has 3 N–H and O–H groups in total. The maximum atomic E-state index is 5.43. The van der Waals surface area contributed by atoms with Gasteiger partial charge in [0.15, 0.2) is 0 Å². The molecule has 0 aliphatic carbocycles. The third kappa shape index (κ3) is 4.84. The smallest absolute Gasteiger partial charge is 0.0340 e. The first kappa shape index (κ1) is 12.1. The molecule has 2 nitrogen and oxygen atoms in total. The van der Waals surface area contributed by atoms with E-state index in [1.54, 1.807) is 0 Å². The first-order chi connectivity index (χ1) is 7.36. The van der Waals surface area contributed by atoms with Crippen LogP contribution in [0.4, 0.5) is 5.69 Å². The Morgan fingerprint density at radius 1 is 1.13 bits per heavy atom. The van der Waals surface area contributed by atoms with Gasteiger partial charge in [0, 0.05) is 12.2 Å². The Labute approximate surface area is 92.9 Å². The molecular formula is C13H22N2. The van der Waals surface area contributed by atoms with E-state index < -0.39 is 0 Å². The third-order valence-corrected chi connectivity index (χ3v) is 2.48. The van der Waals surface area contributed by atoms with Crippen molar-refractivity contribution in [2.75, 3.05) is 18.4 Å². The van der Waals surface area contributed by atoms with E-state index >= 15 is 0 Å². The fourth-order valence-electron chi connectivity index (χ4n) is 1.50. The molecule has 15 heavy (non-hydrogen) atoms. The van der Waals surface area contributed by atoms with Gasteiger partial charge in [-0.2, -0.15) is 0 Å². The van der Waals surface area contributed by atoms with E-state index in [4.69, 9.17) is 5.73 Å². The Hall–Kier alpha value is -1.02. The predicted molar refractivity (Wildman–Crippen MR) is 67.2 cm³/mol. The average molecular weight is 206 g/mol. The zero-order valence-electron chi connectivity index (χ0n) is 9.63. The molecule has 0 aliphatic heterocycles. The van der Waals surface area contributed by atoms with E-state index in [0.29, 0.717) is 0 Å². The second-order valence-electron chi connectivity index (χ2n) is 3.87. The molecule has 1 rings (SSSR count). The molecule has 0 aromatic heterocycles. The van der Waals surface area contributed by atoms with Gasteiger partial charge in [-0.1, -0.05) is 25.5 Å². The summed E-state index contributed by atoms with van der Waals surface area (Å²) in [5.41, 5.74) is 8.06. The van der Waals surface area contributed by atoms with Crippen LogP contribution in [-0.2, 0) is 6.42 Å². The fraction of sp³-hybridized carbons (Fsp3) is 0.538. The summed E-state index contributed by atoms with van der Waals surface area (Å²) < 4.78 is 0. The van der Waals surface area contributed by atoms with Gasteiger partial charge in [0.25, 0.3) is 0 Å². The van der Waals surface area contributed by atoms with Crippen LogP contribution in [0.15, 0.2) is 24.3 Å². The average Bonchev–Trinajstić information content (AvgIpc) is 2.28. The molecule has 0 heterocycles. The second kappa shape index (κ2) is 7.30. The zero-order chi connectivity index (χ0) is 10.9. The molecule has 2 heteroatoms. The summed E-state index contributed by atoms with van der Waals surface area (Å²) in [5.74, 6) is 0. The van der Waals surface area contributed by atoms with Crippen LogP contribution in [0.25, 0.3) is 0 Å². The highest BCUT2D eigenvalue weighted by Gasteiger charge is 1.93. The minimum Gasteiger partial charge on any atom is -0.385 e. The normalized spacial score (nSPS) is 10.3. The molecule has 0 saturated carbocycles. The minimum absolute atomic E-state index is 0.752. The lowest BCUT2D eigenvalue weighted by Crippen LogP contribution is -2.08. The van der Waals surface area contributed by atoms with Crippen LogP contribution >= 0.6 is 0 Å². The van der Waals surface area contributed by atoms with Gasteiger partial charge in [0.1, 0.15) is 0 Å². The highest BCUT2D eigenvalue weighted by molar-refractivity contribution is 5.44. The molecule has 0 radical (unpaired) electrons. The van der Waals surface area contributed by atoms with Crippen molar-refractivity contribution in [3.63, 3.8) is 0 Å². The highest BCUT2D eigenvalue weighted by Crippen LogP contribution is 2.11. The van der Waals surface area contributed by atoms with Crippen LogP contribution in [-0.4, -0.2) is 13.1 Å². The molecule has 0 bridgehead atoms. The van der Waals surface area contributed by atoms with Crippen molar-refractivity contribution in [1.82, 2.24) is 0 Å². The molecule has 0 spiro atoms. The lowest BCUT2D eigenvalue weighted by molar-refractivity contribution is 0.795. The van der Waals surface area contributed by atoms with Gasteiger partial charge in [-0.3, -0.25) is 0 Å². The van der Waals surface area contributed by atoms with Crippen LogP contribution in [0.5, 0.6) is 0 Å². The first-order valence-electron chi connectivity index (χ1n) is 5.89. The molecule has 84 valence electrons. The lowest BCUT2D eigenvalue weighted by Gasteiger charge is -2.06. The first-order valence-corrected chi connectivity index (χ1v) is 5.89. The number of nitrogens with one attached hydrogen (secondary N) is 1. The van der Waals surface area contributed by atoms with E-state index in [-0.39, 0.29) is 0 Å². The number of aryl methyl sites for hydroxylation is 1. The van der Waals surface area contributed by atoms with E-state index in [1.165, 1.54) is 30.5 Å². The quantitative estimate of drug-likeness (QED) is 0.673. The van der Waals surface area contributed by atoms with Gasteiger partial charge in [0.05, 0.1) is 0 Å². The molecule has 0 saturated heterocycles. The third-order valence-electron chi connectivity index (χ3n) is 2.48. The Morgan fingerprint density at radius 3 is 2.47 bits per heavy atom. The lowest BCUT2D eigenvalue weighted by atomic mass is 10.1. The summed E-state index contributed by atoms with van der Waals surface area (Å²) in [6, 6.07) is 8.73.